The molecular formula is C9H17ClN2O2S. The highest BCUT2D eigenvalue weighted by Gasteiger charge is 2.54. The highest BCUT2D eigenvalue weighted by Crippen LogP contribution is 2.41. The number of sulfonamides is 1. The summed E-state index contributed by atoms with van der Waals surface area (Å²) in [6.45, 7) is 5.43. The molecule has 2 N–H and O–H groups in total. The van der Waals surface area contributed by atoms with Crippen molar-refractivity contribution in [2.75, 3.05) is 18.8 Å². The minimum Gasteiger partial charge on any atom is -0.316 e. The molecule has 1 aliphatic carbocycles. The van der Waals surface area contributed by atoms with Gasteiger partial charge in [-0.25, -0.2) is 13.1 Å². The normalized spacial score (nSPS) is 32.9. The van der Waals surface area contributed by atoms with Gasteiger partial charge < -0.3 is 5.32 Å². The summed E-state index contributed by atoms with van der Waals surface area (Å²) in [6, 6.07) is 0.200. The molecule has 2 rings (SSSR count). The standard InChI is InChI=1S/C9H16N2O2S.ClH/c1-2-3-4-14(12,13)11-9-7-5-10-6-8(7)9;/h2,7-11H,1,3-6H2;1H. The van der Waals surface area contributed by atoms with Gasteiger partial charge in [-0.2, -0.15) is 0 Å². The Morgan fingerprint density at radius 3 is 2.53 bits per heavy atom. The predicted molar refractivity (Wildman–Crippen MR) is 62.6 cm³/mol. The maximum Gasteiger partial charge on any atom is 0.212 e. The van der Waals surface area contributed by atoms with E-state index in [0.717, 1.165) is 13.1 Å². The first-order chi connectivity index (χ1) is 6.64. The van der Waals surface area contributed by atoms with Crippen LogP contribution >= 0.6 is 12.4 Å². The van der Waals surface area contributed by atoms with Gasteiger partial charge >= 0.3 is 0 Å². The van der Waals surface area contributed by atoms with Crippen LogP contribution in [0, 0.1) is 11.8 Å². The second-order valence-electron chi connectivity index (χ2n) is 4.03. The molecule has 1 heterocycles. The van der Waals surface area contributed by atoms with Gasteiger partial charge in [-0.1, -0.05) is 6.08 Å². The molecule has 2 fully saturated rings. The van der Waals surface area contributed by atoms with Crippen molar-refractivity contribution in [3.8, 4) is 0 Å². The predicted octanol–water partition coefficient (Wildman–Crippen LogP) is 0.121. The molecule has 0 aromatic rings. The van der Waals surface area contributed by atoms with E-state index in [1.165, 1.54) is 0 Å². The second-order valence-corrected chi connectivity index (χ2v) is 5.90. The van der Waals surface area contributed by atoms with Crippen LogP contribution in [0.2, 0.25) is 0 Å². The maximum atomic E-state index is 11.5. The van der Waals surface area contributed by atoms with Crippen LogP contribution in [0.4, 0.5) is 0 Å². The third kappa shape index (κ3) is 2.93. The van der Waals surface area contributed by atoms with Crippen molar-refractivity contribution in [3.05, 3.63) is 12.7 Å². The average molecular weight is 253 g/mol. The lowest BCUT2D eigenvalue weighted by Crippen LogP contribution is -2.33. The summed E-state index contributed by atoms with van der Waals surface area (Å²) in [5.41, 5.74) is 0. The molecule has 2 aliphatic rings. The summed E-state index contributed by atoms with van der Waals surface area (Å²) in [7, 11) is -3.07. The number of fused-ring (bicyclic) bond motifs is 1. The molecule has 0 aromatic carbocycles. The fourth-order valence-corrected chi connectivity index (χ4v) is 3.46. The van der Waals surface area contributed by atoms with E-state index >= 15 is 0 Å². The van der Waals surface area contributed by atoms with Crippen molar-refractivity contribution < 1.29 is 8.42 Å². The van der Waals surface area contributed by atoms with Crippen LogP contribution in [0.5, 0.6) is 0 Å². The Morgan fingerprint density at radius 1 is 1.40 bits per heavy atom. The average Bonchev–Trinajstić information content (AvgIpc) is 2.64. The van der Waals surface area contributed by atoms with Gasteiger partial charge in [0.05, 0.1) is 5.75 Å². The van der Waals surface area contributed by atoms with Gasteiger partial charge in [-0.3, -0.25) is 0 Å². The van der Waals surface area contributed by atoms with E-state index < -0.39 is 10.0 Å². The minimum absolute atomic E-state index is 0. The minimum atomic E-state index is -3.07. The highest BCUT2D eigenvalue weighted by molar-refractivity contribution is 7.89. The van der Waals surface area contributed by atoms with Crippen LogP contribution < -0.4 is 10.0 Å². The van der Waals surface area contributed by atoms with E-state index in [9.17, 15) is 8.42 Å². The molecule has 0 bridgehead atoms. The van der Waals surface area contributed by atoms with Crippen molar-refractivity contribution in [1.82, 2.24) is 10.0 Å². The lowest BCUT2D eigenvalue weighted by Gasteiger charge is -2.07. The van der Waals surface area contributed by atoms with Crippen molar-refractivity contribution in [2.24, 2.45) is 11.8 Å². The summed E-state index contributed by atoms with van der Waals surface area (Å²) in [4.78, 5) is 0. The molecule has 1 saturated carbocycles. The molecule has 15 heavy (non-hydrogen) atoms. The fourth-order valence-electron chi connectivity index (χ4n) is 2.10. The van der Waals surface area contributed by atoms with Gasteiger partial charge in [0, 0.05) is 6.04 Å². The van der Waals surface area contributed by atoms with Crippen molar-refractivity contribution in [1.29, 1.82) is 0 Å². The van der Waals surface area contributed by atoms with Gasteiger partial charge in [0.15, 0.2) is 0 Å². The topological polar surface area (TPSA) is 58.2 Å². The van der Waals surface area contributed by atoms with Crippen LogP contribution in [0.3, 0.4) is 0 Å². The monoisotopic (exact) mass is 252 g/mol. The molecule has 2 unspecified atom stereocenters. The van der Waals surface area contributed by atoms with Crippen molar-refractivity contribution in [3.63, 3.8) is 0 Å². The number of hydrogen-bond acceptors (Lipinski definition) is 3. The molecule has 6 heteroatoms. The van der Waals surface area contributed by atoms with Crippen LogP contribution in [-0.2, 0) is 10.0 Å². The molecule has 0 spiro atoms. The first kappa shape index (κ1) is 13.0. The summed E-state index contributed by atoms with van der Waals surface area (Å²) in [5.74, 6) is 1.24. The quantitative estimate of drug-likeness (QED) is 0.684. The molecule has 88 valence electrons. The van der Waals surface area contributed by atoms with Crippen LogP contribution in [-0.4, -0.2) is 33.3 Å². The molecule has 0 amide bonds. The Hall–Kier alpha value is -0.100. The molecule has 2 atom stereocenters. The largest absolute Gasteiger partial charge is 0.316 e. The molecular weight excluding hydrogens is 236 g/mol. The van der Waals surface area contributed by atoms with Crippen LogP contribution in [0.1, 0.15) is 6.42 Å². The SMILES string of the molecule is C=CCCS(=O)(=O)NC1C2CNCC21.Cl. The maximum absolute atomic E-state index is 11.5. The van der Waals surface area contributed by atoms with E-state index in [4.69, 9.17) is 0 Å². The zero-order valence-corrected chi connectivity index (χ0v) is 10.1. The number of allylic oxidation sites excluding steroid dienone is 1. The molecule has 0 aromatic heterocycles. The van der Waals surface area contributed by atoms with E-state index in [1.807, 2.05) is 0 Å². The van der Waals surface area contributed by atoms with E-state index in [0.29, 0.717) is 18.3 Å². The Labute approximate surface area is 97.0 Å². The summed E-state index contributed by atoms with van der Waals surface area (Å²) in [5, 5.41) is 3.23. The Kier molecular flexibility index (Phi) is 4.17. The third-order valence-electron chi connectivity index (χ3n) is 3.00. The van der Waals surface area contributed by atoms with Crippen molar-refractivity contribution >= 4 is 22.4 Å². The Morgan fingerprint density at radius 2 is 2.00 bits per heavy atom. The Balaban J connectivity index is 0.00000112. The first-order valence-corrected chi connectivity index (χ1v) is 6.61. The molecule has 0 radical (unpaired) electrons. The fraction of sp³-hybridized carbons (Fsp3) is 0.778. The van der Waals surface area contributed by atoms with E-state index in [-0.39, 0.29) is 24.2 Å². The smallest absolute Gasteiger partial charge is 0.212 e. The van der Waals surface area contributed by atoms with Gasteiger partial charge in [0.2, 0.25) is 10.0 Å². The van der Waals surface area contributed by atoms with E-state index in [2.05, 4.69) is 16.6 Å². The summed E-state index contributed by atoms with van der Waals surface area (Å²) < 4.78 is 25.7. The molecule has 1 saturated heterocycles. The summed E-state index contributed by atoms with van der Waals surface area (Å²) >= 11 is 0. The second kappa shape index (κ2) is 4.82. The van der Waals surface area contributed by atoms with Crippen LogP contribution in [0.25, 0.3) is 0 Å². The zero-order valence-electron chi connectivity index (χ0n) is 8.48. The number of nitrogens with one attached hydrogen (secondary N) is 2. The van der Waals surface area contributed by atoms with Gasteiger partial charge in [0.1, 0.15) is 0 Å². The number of piperidine rings is 1. The highest BCUT2D eigenvalue weighted by atomic mass is 35.5. The molecule has 4 nitrogen and oxygen atoms in total. The van der Waals surface area contributed by atoms with Gasteiger partial charge in [-0.15, -0.1) is 19.0 Å². The zero-order chi connectivity index (χ0) is 10.2. The summed E-state index contributed by atoms with van der Waals surface area (Å²) in [6.07, 6.45) is 2.16. The number of halogens is 1. The van der Waals surface area contributed by atoms with Crippen molar-refractivity contribution in [2.45, 2.75) is 12.5 Å². The van der Waals surface area contributed by atoms with E-state index in [1.54, 1.807) is 6.08 Å². The Bertz CT molecular complexity index is 321. The van der Waals surface area contributed by atoms with Gasteiger partial charge in [0.25, 0.3) is 0 Å². The third-order valence-corrected chi connectivity index (χ3v) is 4.40. The number of rotatable bonds is 5. The van der Waals surface area contributed by atoms with Gasteiger partial charge in [-0.05, 0) is 31.3 Å². The first-order valence-electron chi connectivity index (χ1n) is 4.95. The molecule has 1 aliphatic heterocycles. The number of hydrogen-bond donors (Lipinski definition) is 2. The van der Waals surface area contributed by atoms with Crippen LogP contribution in [0.15, 0.2) is 12.7 Å². The lowest BCUT2D eigenvalue weighted by molar-refractivity contribution is 0.565. The lowest BCUT2D eigenvalue weighted by atomic mass is 10.4.